The summed E-state index contributed by atoms with van der Waals surface area (Å²) in [4.78, 5) is 29.2. The van der Waals surface area contributed by atoms with Crippen molar-refractivity contribution in [3.05, 3.63) is 28.8 Å². The van der Waals surface area contributed by atoms with Crippen molar-refractivity contribution < 1.29 is 9.59 Å². The molecule has 146 valence electrons. The van der Waals surface area contributed by atoms with Gasteiger partial charge in [-0.25, -0.2) is 0 Å². The van der Waals surface area contributed by atoms with Gasteiger partial charge in [0.1, 0.15) is 0 Å². The predicted octanol–water partition coefficient (Wildman–Crippen LogP) is 1.91. The fourth-order valence-corrected chi connectivity index (χ4v) is 4.74. The number of rotatable bonds is 4. The Hall–Kier alpha value is -1.63. The summed E-state index contributed by atoms with van der Waals surface area (Å²) in [5, 5.41) is 6.91. The Bertz CT molecular complexity index is 712. The van der Waals surface area contributed by atoms with Crippen LogP contribution in [0.5, 0.6) is 0 Å². The Morgan fingerprint density at radius 2 is 1.89 bits per heavy atom. The fourth-order valence-electron chi connectivity index (χ4n) is 4.56. The maximum Gasteiger partial charge on any atom is 0.232 e. The Morgan fingerprint density at radius 1 is 1.15 bits per heavy atom. The van der Waals surface area contributed by atoms with Gasteiger partial charge in [-0.1, -0.05) is 17.7 Å². The summed E-state index contributed by atoms with van der Waals surface area (Å²) in [6.07, 6.45) is 2.57. The number of anilines is 1. The summed E-state index contributed by atoms with van der Waals surface area (Å²) in [6.45, 7) is 6.15. The highest BCUT2D eigenvalue weighted by Crippen LogP contribution is 2.42. The number of carbonyl (C=O) groups is 2. The second kappa shape index (κ2) is 8.17. The second-order valence-corrected chi connectivity index (χ2v) is 8.19. The van der Waals surface area contributed by atoms with Gasteiger partial charge in [-0.15, -0.1) is 0 Å². The maximum absolute atomic E-state index is 12.5. The molecule has 3 aliphatic heterocycles. The molecule has 0 bridgehead atoms. The Morgan fingerprint density at radius 3 is 2.63 bits per heavy atom. The Labute approximate surface area is 165 Å². The highest BCUT2D eigenvalue weighted by atomic mass is 35.5. The average Bonchev–Trinajstić information content (AvgIpc) is 3.02. The molecule has 0 radical (unpaired) electrons. The summed E-state index contributed by atoms with van der Waals surface area (Å²) in [7, 11) is 0. The predicted molar refractivity (Wildman–Crippen MR) is 106 cm³/mol. The highest BCUT2D eigenvalue weighted by molar-refractivity contribution is 6.31. The zero-order valence-electron chi connectivity index (χ0n) is 15.5. The summed E-state index contributed by atoms with van der Waals surface area (Å²) < 4.78 is 0. The quantitative estimate of drug-likeness (QED) is 0.824. The second-order valence-electron chi connectivity index (χ2n) is 7.76. The lowest BCUT2D eigenvalue weighted by atomic mass is 9.81. The molecule has 0 aliphatic carbocycles. The standard InChI is InChI=1S/C20H27ClN4O2/c21-15-1-2-16-17(13-15)23-20(27)19(16)14-3-8-24(9-4-14)10-5-18(26)25-11-6-22-7-12-25/h1-2,13-14,19,22H,3-12H2,(H,23,27). The number of amides is 2. The van der Waals surface area contributed by atoms with E-state index in [4.69, 9.17) is 11.6 Å². The minimum absolute atomic E-state index is 0.0677. The SMILES string of the molecule is O=C1Nc2cc(Cl)ccc2C1C1CCN(CCC(=O)N2CCNCC2)CC1. The molecule has 2 saturated heterocycles. The van der Waals surface area contributed by atoms with E-state index in [0.29, 0.717) is 17.4 Å². The average molecular weight is 391 g/mol. The molecular formula is C20H27ClN4O2. The lowest BCUT2D eigenvalue weighted by Crippen LogP contribution is -2.47. The van der Waals surface area contributed by atoms with Crippen LogP contribution in [0.4, 0.5) is 5.69 Å². The number of carbonyl (C=O) groups excluding carboxylic acids is 2. The van der Waals surface area contributed by atoms with Crippen LogP contribution < -0.4 is 10.6 Å². The number of piperidine rings is 1. The van der Waals surface area contributed by atoms with Gasteiger partial charge < -0.3 is 20.4 Å². The van der Waals surface area contributed by atoms with Crippen molar-refractivity contribution in [2.45, 2.75) is 25.2 Å². The first kappa shape index (κ1) is 18.7. The van der Waals surface area contributed by atoms with Crippen molar-refractivity contribution in [1.82, 2.24) is 15.1 Å². The van der Waals surface area contributed by atoms with Gasteiger partial charge in [0.15, 0.2) is 0 Å². The molecule has 2 N–H and O–H groups in total. The molecule has 4 rings (SSSR count). The lowest BCUT2D eigenvalue weighted by molar-refractivity contribution is -0.132. The van der Waals surface area contributed by atoms with Crippen molar-refractivity contribution in [2.75, 3.05) is 51.1 Å². The summed E-state index contributed by atoms with van der Waals surface area (Å²) >= 11 is 6.05. The number of hydrogen-bond donors (Lipinski definition) is 2. The summed E-state index contributed by atoms with van der Waals surface area (Å²) in [5.41, 5.74) is 1.94. The van der Waals surface area contributed by atoms with Crippen LogP contribution in [0.1, 0.15) is 30.7 Å². The molecule has 1 aromatic rings. The molecule has 0 aromatic heterocycles. The first-order valence-corrected chi connectivity index (χ1v) is 10.3. The van der Waals surface area contributed by atoms with E-state index >= 15 is 0 Å². The van der Waals surface area contributed by atoms with Crippen molar-refractivity contribution >= 4 is 29.1 Å². The molecular weight excluding hydrogens is 364 g/mol. The molecule has 3 aliphatic rings. The van der Waals surface area contributed by atoms with Gasteiger partial charge in [-0.2, -0.15) is 0 Å². The molecule has 0 spiro atoms. The molecule has 6 nitrogen and oxygen atoms in total. The molecule has 0 saturated carbocycles. The van der Waals surface area contributed by atoms with Crippen LogP contribution in [-0.2, 0) is 9.59 Å². The lowest BCUT2D eigenvalue weighted by Gasteiger charge is -2.34. The summed E-state index contributed by atoms with van der Waals surface area (Å²) in [6, 6.07) is 5.69. The van der Waals surface area contributed by atoms with Crippen molar-refractivity contribution in [1.29, 1.82) is 0 Å². The Balaban J connectivity index is 1.28. The van der Waals surface area contributed by atoms with E-state index in [1.807, 2.05) is 23.1 Å². The molecule has 3 heterocycles. The van der Waals surface area contributed by atoms with Crippen molar-refractivity contribution in [2.24, 2.45) is 5.92 Å². The monoisotopic (exact) mass is 390 g/mol. The van der Waals surface area contributed by atoms with E-state index in [1.165, 1.54) is 0 Å². The van der Waals surface area contributed by atoms with Gasteiger partial charge in [0.05, 0.1) is 5.92 Å². The van der Waals surface area contributed by atoms with E-state index < -0.39 is 0 Å². The highest BCUT2D eigenvalue weighted by Gasteiger charge is 2.38. The number of benzene rings is 1. The minimum atomic E-state index is -0.0677. The molecule has 2 amide bonds. The van der Waals surface area contributed by atoms with Crippen LogP contribution in [0.15, 0.2) is 18.2 Å². The van der Waals surface area contributed by atoms with Crippen LogP contribution in [0.3, 0.4) is 0 Å². The number of nitrogens with one attached hydrogen (secondary N) is 2. The molecule has 1 aromatic carbocycles. The van der Waals surface area contributed by atoms with Gasteiger partial charge in [-0.05, 0) is 49.5 Å². The van der Waals surface area contributed by atoms with Crippen LogP contribution in [0.2, 0.25) is 5.02 Å². The third-order valence-electron chi connectivity index (χ3n) is 6.11. The van der Waals surface area contributed by atoms with E-state index in [1.54, 1.807) is 0 Å². The third-order valence-corrected chi connectivity index (χ3v) is 6.34. The molecule has 1 atom stereocenters. The molecule has 2 fully saturated rings. The van der Waals surface area contributed by atoms with E-state index in [2.05, 4.69) is 15.5 Å². The van der Waals surface area contributed by atoms with Crippen LogP contribution in [0.25, 0.3) is 0 Å². The number of fused-ring (bicyclic) bond motifs is 1. The van der Waals surface area contributed by atoms with Crippen molar-refractivity contribution in [3.8, 4) is 0 Å². The van der Waals surface area contributed by atoms with Crippen LogP contribution in [-0.4, -0.2) is 67.4 Å². The zero-order valence-corrected chi connectivity index (χ0v) is 16.3. The largest absolute Gasteiger partial charge is 0.340 e. The van der Waals surface area contributed by atoms with Crippen molar-refractivity contribution in [3.63, 3.8) is 0 Å². The molecule has 7 heteroatoms. The van der Waals surface area contributed by atoms with Crippen LogP contribution >= 0.6 is 11.6 Å². The zero-order chi connectivity index (χ0) is 18.8. The first-order chi connectivity index (χ1) is 13.1. The topological polar surface area (TPSA) is 64.7 Å². The van der Waals surface area contributed by atoms with Crippen LogP contribution in [0, 0.1) is 5.92 Å². The minimum Gasteiger partial charge on any atom is -0.340 e. The van der Waals surface area contributed by atoms with E-state index in [0.717, 1.165) is 69.9 Å². The third kappa shape index (κ3) is 4.13. The number of halogens is 1. The van der Waals surface area contributed by atoms with E-state index in [-0.39, 0.29) is 17.7 Å². The number of hydrogen-bond acceptors (Lipinski definition) is 4. The summed E-state index contributed by atoms with van der Waals surface area (Å²) in [5.74, 6) is 0.647. The van der Waals surface area contributed by atoms with Gasteiger partial charge in [0, 0.05) is 49.9 Å². The normalized spacial score (nSPS) is 24.0. The van der Waals surface area contributed by atoms with Gasteiger partial charge in [0.25, 0.3) is 0 Å². The Kier molecular flexibility index (Phi) is 5.66. The number of nitrogens with zero attached hydrogens (tertiary/aromatic N) is 2. The van der Waals surface area contributed by atoms with E-state index in [9.17, 15) is 9.59 Å². The maximum atomic E-state index is 12.5. The molecule has 1 unspecified atom stereocenters. The van der Waals surface area contributed by atoms with Gasteiger partial charge >= 0.3 is 0 Å². The first-order valence-electron chi connectivity index (χ1n) is 9.93. The smallest absolute Gasteiger partial charge is 0.232 e. The number of piperazine rings is 1. The molecule has 27 heavy (non-hydrogen) atoms. The fraction of sp³-hybridized carbons (Fsp3) is 0.600. The van der Waals surface area contributed by atoms with Gasteiger partial charge in [0.2, 0.25) is 11.8 Å². The number of likely N-dealkylation sites (tertiary alicyclic amines) is 1. The van der Waals surface area contributed by atoms with Gasteiger partial charge in [-0.3, -0.25) is 9.59 Å².